The number of para-hydroxylation sites is 1. The van der Waals surface area contributed by atoms with Gasteiger partial charge in [0.25, 0.3) is 0 Å². The minimum Gasteiger partial charge on any atom is -0.493 e. The fourth-order valence-corrected chi connectivity index (χ4v) is 3.10. The van der Waals surface area contributed by atoms with Gasteiger partial charge in [-0.2, -0.15) is 0 Å². The zero-order valence-electron chi connectivity index (χ0n) is 10.6. The Hall–Kier alpha value is -1.06. The average molecular weight is 247 g/mol. The fraction of sp³-hybridized carbons (Fsp3) is 0.600. The first kappa shape index (κ1) is 12.0. The Morgan fingerprint density at radius 2 is 2.11 bits per heavy atom. The molecule has 1 aromatic carbocycles. The molecule has 0 bridgehead atoms. The third kappa shape index (κ3) is 2.38. The van der Waals surface area contributed by atoms with Gasteiger partial charge in [-0.15, -0.1) is 0 Å². The Morgan fingerprint density at radius 3 is 2.94 bits per heavy atom. The molecule has 1 saturated carbocycles. The molecule has 18 heavy (non-hydrogen) atoms. The van der Waals surface area contributed by atoms with E-state index in [1.165, 1.54) is 5.56 Å². The first-order valence-electron chi connectivity index (χ1n) is 6.98. The number of benzene rings is 1. The van der Waals surface area contributed by atoms with Crippen molar-refractivity contribution in [2.75, 3.05) is 13.2 Å². The van der Waals surface area contributed by atoms with Crippen LogP contribution in [0, 0.1) is 5.92 Å². The predicted octanol–water partition coefficient (Wildman–Crippen LogP) is 2.26. The van der Waals surface area contributed by atoms with Gasteiger partial charge in [0, 0.05) is 24.6 Å². The van der Waals surface area contributed by atoms with Crippen LogP contribution in [0.1, 0.15) is 37.3 Å². The van der Waals surface area contributed by atoms with E-state index in [-0.39, 0.29) is 6.10 Å². The van der Waals surface area contributed by atoms with Gasteiger partial charge >= 0.3 is 0 Å². The molecule has 1 aliphatic carbocycles. The summed E-state index contributed by atoms with van der Waals surface area (Å²) in [5.74, 6) is 1.44. The lowest BCUT2D eigenvalue weighted by atomic mass is 9.99. The zero-order chi connectivity index (χ0) is 12.4. The molecule has 0 aromatic heterocycles. The van der Waals surface area contributed by atoms with Crippen LogP contribution in [0.25, 0.3) is 0 Å². The Bertz CT molecular complexity index is 407. The quantitative estimate of drug-likeness (QED) is 0.861. The maximum Gasteiger partial charge on any atom is 0.124 e. The lowest BCUT2D eigenvalue weighted by molar-refractivity contribution is 0.128. The maximum atomic E-state index is 9.85. The van der Waals surface area contributed by atoms with E-state index in [1.54, 1.807) is 0 Å². The fourth-order valence-electron chi connectivity index (χ4n) is 3.10. The first-order valence-corrected chi connectivity index (χ1v) is 6.98. The van der Waals surface area contributed by atoms with E-state index in [2.05, 4.69) is 17.4 Å². The van der Waals surface area contributed by atoms with E-state index in [1.807, 2.05) is 12.1 Å². The van der Waals surface area contributed by atoms with Gasteiger partial charge < -0.3 is 15.2 Å². The number of aliphatic hydroxyl groups is 1. The second-order valence-electron chi connectivity index (χ2n) is 5.39. The van der Waals surface area contributed by atoms with Crippen molar-refractivity contribution in [1.82, 2.24) is 5.32 Å². The van der Waals surface area contributed by atoms with Crippen LogP contribution < -0.4 is 10.1 Å². The minimum atomic E-state index is -0.104. The molecule has 3 unspecified atom stereocenters. The molecule has 0 saturated heterocycles. The van der Waals surface area contributed by atoms with E-state index >= 15 is 0 Å². The van der Waals surface area contributed by atoms with E-state index in [9.17, 15) is 5.11 Å². The molecular weight excluding hydrogens is 226 g/mol. The van der Waals surface area contributed by atoms with Gasteiger partial charge in [0.15, 0.2) is 0 Å². The smallest absolute Gasteiger partial charge is 0.124 e. The summed E-state index contributed by atoms with van der Waals surface area (Å²) in [4.78, 5) is 0. The third-order valence-corrected chi connectivity index (χ3v) is 4.20. The largest absolute Gasteiger partial charge is 0.493 e. The van der Waals surface area contributed by atoms with E-state index in [4.69, 9.17) is 4.74 Å². The van der Waals surface area contributed by atoms with Gasteiger partial charge in [-0.3, -0.25) is 0 Å². The van der Waals surface area contributed by atoms with Crippen LogP contribution in [0.5, 0.6) is 5.75 Å². The van der Waals surface area contributed by atoms with Crippen molar-refractivity contribution < 1.29 is 9.84 Å². The Labute approximate surface area is 108 Å². The Kier molecular flexibility index (Phi) is 3.52. The molecular formula is C15H21NO2. The Morgan fingerprint density at radius 1 is 1.22 bits per heavy atom. The van der Waals surface area contributed by atoms with Crippen molar-refractivity contribution in [2.24, 2.45) is 5.92 Å². The summed E-state index contributed by atoms with van der Waals surface area (Å²) in [6.07, 6.45) is 4.19. The zero-order valence-corrected chi connectivity index (χ0v) is 10.6. The molecule has 1 fully saturated rings. The van der Waals surface area contributed by atoms with Crippen LogP contribution >= 0.6 is 0 Å². The van der Waals surface area contributed by atoms with Crippen LogP contribution in [-0.4, -0.2) is 24.4 Å². The van der Waals surface area contributed by atoms with E-state index in [0.717, 1.165) is 44.6 Å². The topological polar surface area (TPSA) is 41.5 Å². The molecule has 1 aromatic rings. The molecule has 98 valence electrons. The molecule has 3 rings (SSSR count). The van der Waals surface area contributed by atoms with Gasteiger partial charge in [-0.25, -0.2) is 0 Å². The molecule has 0 amide bonds. The number of hydrogen-bond donors (Lipinski definition) is 2. The predicted molar refractivity (Wildman–Crippen MR) is 70.6 cm³/mol. The number of hydrogen-bond acceptors (Lipinski definition) is 3. The van der Waals surface area contributed by atoms with Gasteiger partial charge in [0.05, 0.1) is 12.7 Å². The van der Waals surface area contributed by atoms with Crippen LogP contribution in [0.4, 0.5) is 0 Å². The van der Waals surface area contributed by atoms with Crippen molar-refractivity contribution in [2.45, 2.75) is 37.8 Å². The van der Waals surface area contributed by atoms with Crippen molar-refractivity contribution in [3.8, 4) is 5.75 Å². The highest BCUT2D eigenvalue weighted by molar-refractivity contribution is 5.37. The van der Waals surface area contributed by atoms with Gasteiger partial charge in [0.2, 0.25) is 0 Å². The van der Waals surface area contributed by atoms with E-state index < -0.39 is 0 Å². The lowest BCUT2D eigenvalue weighted by Crippen LogP contribution is -2.33. The molecule has 2 N–H and O–H groups in total. The first-order chi connectivity index (χ1) is 8.84. The number of nitrogens with one attached hydrogen (secondary N) is 1. The minimum absolute atomic E-state index is 0.104. The number of ether oxygens (including phenoxy) is 1. The van der Waals surface area contributed by atoms with Crippen molar-refractivity contribution in [3.05, 3.63) is 29.8 Å². The molecule has 1 heterocycles. The summed E-state index contributed by atoms with van der Waals surface area (Å²) >= 11 is 0. The molecule has 3 nitrogen and oxygen atoms in total. The third-order valence-electron chi connectivity index (χ3n) is 4.20. The van der Waals surface area contributed by atoms with Gasteiger partial charge in [0.1, 0.15) is 5.75 Å². The van der Waals surface area contributed by atoms with Crippen LogP contribution in [0.2, 0.25) is 0 Å². The molecule has 1 aliphatic heterocycles. The van der Waals surface area contributed by atoms with Gasteiger partial charge in [-0.1, -0.05) is 24.6 Å². The standard InChI is InChI=1S/C15H21NO2/c17-14-6-3-4-11(14)10-16-13-8-9-18-15-7-2-1-5-12(13)15/h1-2,5,7,11,13-14,16-17H,3-4,6,8-10H2. The van der Waals surface area contributed by atoms with Gasteiger partial charge in [-0.05, 0) is 24.8 Å². The maximum absolute atomic E-state index is 9.85. The second-order valence-corrected chi connectivity index (χ2v) is 5.39. The van der Waals surface area contributed by atoms with Crippen LogP contribution in [0.15, 0.2) is 24.3 Å². The summed E-state index contributed by atoms with van der Waals surface area (Å²) in [6.45, 7) is 1.70. The van der Waals surface area contributed by atoms with Crippen molar-refractivity contribution in [1.29, 1.82) is 0 Å². The molecule has 0 spiro atoms. The number of fused-ring (bicyclic) bond motifs is 1. The highest BCUT2D eigenvalue weighted by Crippen LogP contribution is 2.32. The molecule has 2 aliphatic rings. The number of rotatable bonds is 3. The second kappa shape index (κ2) is 5.29. The lowest BCUT2D eigenvalue weighted by Gasteiger charge is -2.28. The summed E-state index contributed by atoms with van der Waals surface area (Å²) in [5, 5.41) is 13.5. The summed E-state index contributed by atoms with van der Waals surface area (Å²) in [5.41, 5.74) is 1.26. The highest BCUT2D eigenvalue weighted by Gasteiger charge is 2.27. The highest BCUT2D eigenvalue weighted by atomic mass is 16.5. The summed E-state index contributed by atoms with van der Waals surface area (Å²) in [7, 11) is 0. The molecule has 0 radical (unpaired) electrons. The molecule has 3 heteroatoms. The van der Waals surface area contributed by atoms with Crippen LogP contribution in [-0.2, 0) is 0 Å². The van der Waals surface area contributed by atoms with Crippen LogP contribution in [0.3, 0.4) is 0 Å². The van der Waals surface area contributed by atoms with Crippen molar-refractivity contribution >= 4 is 0 Å². The normalized spacial score (nSPS) is 30.8. The monoisotopic (exact) mass is 247 g/mol. The Balaban J connectivity index is 1.64. The summed E-state index contributed by atoms with van der Waals surface area (Å²) < 4.78 is 5.66. The molecule has 3 atom stereocenters. The van der Waals surface area contributed by atoms with Crippen molar-refractivity contribution in [3.63, 3.8) is 0 Å². The SMILES string of the molecule is OC1CCCC1CNC1CCOc2ccccc21. The summed E-state index contributed by atoms with van der Waals surface area (Å²) in [6, 6.07) is 8.63. The average Bonchev–Trinajstić information content (AvgIpc) is 2.82. The van der Waals surface area contributed by atoms with E-state index in [0.29, 0.717) is 12.0 Å². The number of aliphatic hydroxyl groups excluding tert-OH is 1.